The molecular weight excluding hydrogens is 320 g/mol. The summed E-state index contributed by atoms with van der Waals surface area (Å²) in [6.07, 6.45) is 6.32. The monoisotopic (exact) mass is 334 g/mol. The Hall–Kier alpha value is -3.35. The van der Waals surface area contributed by atoms with Gasteiger partial charge in [0.25, 0.3) is 0 Å². The highest BCUT2D eigenvalue weighted by atomic mass is 16.6. The van der Waals surface area contributed by atoms with E-state index in [9.17, 15) is 14.7 Å². The molecule has 0 aromatic carbocycles. The van der Waals surface area contributed by atoms with E-state index in [0.29, 0.717) is 12.1 Å². The lowest BCUT2D eigenvalue weighted by molar-refractivity contribution is -0.130. The molecule has 6 nitrogen and oxygen atoms in total. The number of carbonyl (C=O) groups excluding carboxylic acids is 2. The summed E-state index contributed by atoms with van der Waals surface area (Å²) in [5.41, 5.74) is -1.20. The fourth-order valence-corrected chi connectivity index (χ4v) is 2.46. The third-order valence-electron chi connectivity index (χ3n) is 3.67. The number of nitrogens with one attached hydrogen (secondary N) is 1. The van der Waals surface area contributed by atoms with Crippen LogP contribution in [0.1, 0.15) is 12.8 Å². The van der Waals surface area contributed by atoms with E-state index in [1.54, 1.807) is 24.4 Å². The van der Waals surface area contributed by atoms with E-state index < -0.39 is 23.6 Å². The maximum Gasteiger partial charge on any atom is 0.413 e. The fraction of sp³-hybridized carbons (Fsp3) is 0.211. The summed E-state index contributed by atoms with van der Waals surface area (Å²) in [6, 6.07) is 3.31. The number of hydrogen-bond donors (Lipinski definition) is 2. The summed E-state index contributed by atoms with van der Waals surface area (Å²) < 4.78 is 5.29. The number of carbonyl (C=O) groups is 2. The van der Waals surface area contributed by atoms with Gasteiger partial charge in [0, 0.05) is 11.8 Å². The van der Waals surface area contributed by atoms with Crippen LogP contribution in [0.3, 0.4) is 0 Å². The Morgan fingerprint density at radius 2 is 2.24 bits per heavy atom. The van der Waals surface area contributed by atoms with Crippen LogP contribution in [0.15, 0.2) is 48.3 Å². The maximum atomic E-state index is 12.6. The van der Waals surface area contributed by atoms with Crippen molar-refractivity contribution >= 4 is 17.6 Å². The fourth-order valence-electron chi connectivity index (χ4n) is 2.46. The molecular formula is C19H14N2O4. The maximum absolute atomic E-state index is 12.6. The highest BCUT2D eigenvalue weighted by molar-refractivity contribution is 6.06. The Kier molecular flexibility index (Phi) is 4.65. The first kappa shape index (κ1) is 16.5. The molecule has 25 heavy (non-hydrogen) atoms. The van der Waals surface area contributed by atoms with Gasteiger partial charge in [-0.1, -0.05) is 23.8 Å². The Bertz CT molecular complexity index is 881. The van der Waals surface area contributed by atoms with E-state index in [1.165, 1.54) is 18.3 Å². The van der Waals surface area contributed by atoms with Crippen LogP contribution >= 0.6 is 0 Å². The summed E-state index contributed by atoms with van der Waals surface area (Å²) >= 11 is 0. The van der Waals surface area contributed by atoms with Gasteiger partial charge in [0.05, 0.1) is 11.9 Å². The van der Waals surface area contributed by atoms with Crippen molar-refractivity contribution in [1.82, 2.24) is 4.98 Å². The zero-order valence-corrected chi connectivity index (χ0v) is 13.2. The van der Waals surface area contributed by atoms with Crippen molar-refractivity contribution in [1.29, 1.82) is 0 Å². The number of ether oxygens (including phenoxy) is 1. The van der Waals surface area contributed by atoms with Gasteiger partial charge < -0.3 is 9.84 Å². The molecule has 0 aliphatic heterocycles. The number of pyridine rings is 1. The molecule has 3 rings (SSSR count). The Labute approximate surface area is 144 Å². The van der Waals surface area contributed by atoms with Crippen LogP contribution in [0.4, 0.5) is 10.5 Å². The smallest absolute Gasteiger partial charge is 0.413 e. The van der Waals surface area contributed by atoms with E-state index in [1.807, 2.05) is 0 Å². The number of rotatable bonds is 2. The number of aromatic nitrogens is 1. The minimum atomic E-state index is -1.78. The lowest BCUT2D eigenvalue weighted by Gasteiger charge is -2.28. The molecule has 1 aromatic rings. The number of anilines is 1. The van der Waals surface area contributed by atoms with E-state index in [0.717, 1.165) is 0 Å². The molecule has 2 unspecified atom stereocenters. The predicted molar refractivity (Wildman–Crippen MR) is 90.1 cm³/mol. The topological polar surface area (TPSA) is 88.5 Å². The first-order valence-corrected chi connectivity index (χ1v) is 7.62. The van der Waals surface area contributed by atoms with E-state index in [4.69, 9.17) is 4.74 Å². The predicted octanol–water partition coefficient (Wildman–Crippen LogP) is 1.60. The third-order valence-corrected chi connectivity index (χ3v) is 3.67. The highest BCUT2D eigenvalue weighted by Gasteiger charge is 2.41. The molecule has 2 N–H and O–H groups in total. The molecule has 0 spiro atoms. The van der Waals surface area contributed by atoms with Gasteiger partial charge in [-0.25, -0.2) is 4.79 Å². The standard InChI is InChI=1S/C19H14N2O4/c22-17-15-8-5-11-19(17,24)10-4-2-1-3-9-16(15)25-18(23)21-14-7-6-12-20-13-14/h1-2,6-8,12-13,16,24H,5,11H2,(H,21,23)/b2-1-. The van der Waals surface area contributed by atoms with Gasteiger partial charge in [-0.2, -0.15) is 0 Å². The second-order valence-corrected chi connectivity index (χ2v) is 5.43. The summed E-state index contributed by atoms with van der Waals surface area (Å²) in [6.45, 7) is 0. The van der Waals surface area contributed by atoms with Gasteiger partial charge in [0.2, 0.25) is 5.78 Å². The second-order valence-electron chi connectivity index (χ2n) is 5.43. The summed E-state index contributed by atoms with van der Waals surface area (Å²) in [4.78, 5) is 28.6. The van der Waals surface area contributed by atoms with Crippen LogP contribution in [0.25, 0.3) is 0 Å². The molecule has 0 saturated heterocycles. The first-order valence-electron chi connectivity index (χ1n) is 7.62. The molecule has 2 aliphatic carbocycles. The van der Waals surface area contributed by atoms with Gasteiger partial charge in [-0.3, -0.25) is 15.1 Å². The van der Waals surface area contributed by atoms with Crippen molar-refractivity contribution < 1.29 is 19.4 Å². The molecule has 2 bridgehead atoms. The Morgan fingerprint density at radius 3 is 3.04 bits per heavy atom. The normalized spacial score (nSPS) is 25.2. The van der Waals surface area contributed by atoms with Crippen LogP contribution in [0.5, 0.6) is 0 Å². The van der Waals surface area contributed by atoms with Crippen molar-refractivity contribution in [2.75, 3.05) is 5.32 Å². The molecule has 0 radical (unpaired) electrons. The molecule has 124 valence electrons. The van der Waals surface area contributed by atoms with Gasteiger partial charge in [-0.05, 0) is 43.0 Å². The summed E-state index contributed by atoms with van der Waals surface area (Å²) in [7, 11) is 0. The van der Waals surface area contributed by atoms with E-state index in [2.05, 4.69) is 34.0 Å². The average molecular weight is 334 g/mol. The van der Waals surface area contributed by atoms with E-state index >= 15 is 0 Å². The third kappa shape index (κ3) is 3.77. The lowest BCUT2D eigenvalue weighted by Crippen LogP contribution is -2.43. The van der Waals surface area contributed by atoms with Gasteiger partial charge in [0.1, 0.15) is 0 Å². The number of ketones is 1. The molecule has 1 aromatic heterocycles. The minimum absolute atomic E-state index is 0.132. The number of allylic oxidation sites excluding steroid dienone is 3. The van der Waals surface area contributed by atoms with Crippen molar-refractivity contribution in [3.05, 3.63) is 48.3 Å². The zero-order valence-electron chi connectivity index (χ0n) is 13.2. The molecule has 0 saturated carbocycles. The number of nitrogens with zero attached hydrogens (tertiary/aromatic N) is 1. The molecule has 2 aliphatic rings. The quantitative estimate of drug-likeness (QED) is 0.802. The Morgan fingerprint density at radius 1 is 1.40 bits per heavy atom. The first-order chi connectivity index (χ1) is 12.1. The number of amides is 1. The van der Waals surface area contributed by atoms with Crippen molar-refractivity contribution in [2.24, 2.45) is 0 Å². The largest absolute Gasteiger partial charge is 0.428 e. The van der Waals surface area contributed by atoms with Crippen molar-refractivity contribution in [3.8, 4) is 23.7 Å². The number of fused-ring (bicyclic) bond motifs is 2. The molecule has 2 atom stereocenters. The van der Waals surface area contributed by atoms with Crippen molar-refractivity contribution in [3.63, 3.8) is 0 Å². The van der Waals surface area contributed by atoms with Gasteiger partial charge >= 0.3 is 6.09 Å². The molecule has 0 fully saturated rings. The van der Waals surface area contributed by atoms with Crippen LogP contribution in [0.2, 0.25) is 0 Å². The van der Waals surface area contributed by atoms with Gasteiger partial charge in [-0.15, -0.1) is 0 Å². The van der Waals surface area contributed by atoms with Crippen LogP contribution in [-0.4, -0.2) is 33.7 Å². The summed E-state index contributed by atoms with van der Waals surface area (Å²) in [5.74, 6) is 9.97. The lowest BCUT2D eigenvalue weighted by atomic mass is 9.81. The second kappa shape index (κ2) is 7.04. The molecule has 1 amide bonds. The van der Waals surface area contributed by atoms with E-state index in [-0.39, 0.29) is 12.0 Å². The Balaban J connectivity index is 1.84. The van der Waals surface area contributed by atoms with Crippen LogP contribution < -0.4 is 5.32 Å². The SMILES string of the molecule is O=C(Nc1cccnc1)OC1C#C/C=C\C#CC2(O)CCC=C1C2=O. The minimum Gasteiger partial charge on any atom is -0.428 e. The number of aliphatic hydroxyl groups is 1. The van der Waals surface area contributed by atoms with Gasteiger partial charge in [0.15, 0.2) is 11.7 Å². The van der Waals surface area contributed by atoms with Crippen LogP contribution in [0, 0.1) is 23.7 Å². The highest BCUT2D eigenvalue weighted by Crippen LogP contribution is 2.27. The molecule has 6 heteroatoms. The van der Waals surface area contributed by atoms with Crippen molar-refractivity contribution in [2.45, 2.75) is 24.5 Å². The average Bonchev–Trinajstić information content (AvgIpc) is 2.59. The number of Topliss-reactive ketones (excluding diaryl/α,β-unsaturated/α-hetero) is 1. The molecule has 1 heterocycles. The zero-order chi connectivity index (χ0) is 17.7. The number of hydrogen-bond acceptors (Lipinski definition) is 5. The van der Waals surface area contributed by atoms with Crippen LogP contribution in [-0.2, 0) is 9.53 Å². The summed E-state index contributed by atoms with van der Waals surface area (Å²) in [5, 5.41) is 13.0.